The lowest BCUT2D eigenvalue weighted by atomic mass is 10.2. The molecule has 0 unspecified atom stereocenters. The number of sulfone groups is 1. The van der Waals surface area contributed by atoms with Gasteiger partial charge in [-0.05, 0) is 31.7 Å². The summed E-state index contributed by atoms with van der Waals surface area (Å²) in [4.78, 5) is 8.79. The van der Waals surface area contributed by atoms with Crippen molar-refractivity contribution in [1.29, 1.82) is 0 Å². The molecule has 0 fully saturated rings. The van der Waals surface area contributed by atoms with E-state index in [1.165, 1.54) is 0 Å². The number of imidazole rings is 1. The van der Waals surface area contributed by atoms with Gasteiger partial charge in [0, 0.05) is 19.2 Å². The molecule has 0 saturated heterocycles. The van der Waals surface area contributed by atoms with Gasteiger partial charge in [0.25, 0.3) is 0 Å². The lowest BCUT2D eigenvalue weighted by molar-refractivity contribution is 0.578. The molecule has 24 heavy (non-hydrogen) atoms. The molecule has 2 N–H and O–H groups in total. The van der Waals surface area contributed by atoms with Gasteiger partial charge in [0.1, 0.15) is 21.2 Å². The molecule has 0 aliphatic carbocycles. The van der Waals surface area contributed by atoms with Gasteiger partial charge >= 0.3 is 0 Å². The van der Waals surface area contributed by atoms with Crippen LogP contribution in [-0.4, -0.2) is 34.5 Å². The van der Waals surface area contributed by atoms with Crippen molar-refractivity contribution in [3.63, 3.8) is 0 Å². The van der Waals surface area contributed by atoms with Crippen LogP contribution in [0.3, 0.4) is 0 Å². The maximum absolute atomic E-state index is 11.9. The SMILES string of the molecule is CCCCS(=O)(=O)CCCCn1c(CC)nc2c(N)ncc(C)c21. The second kappa shape index (κ2) is 7.96. The summed E-state index contributed by atoms with van der Waals surface area (Å²) in [7, 11) is -2.91. The largest absolute Gasteiger partial charge is 0.382 e. The van der Waals surface area contributed by atoms with Gasteiger partial charge in [-0.1, -0.05) is 20.3 Å². The number of nitrogen functional groups attached to an aromatic ring is 1. The summed E-state index contributed by atoms with van der Waals surface area (Å²) in [6.07, 6.45) is 5.72. The average Bonchev–Trinajstić information content (AvgIpc) is 2.93. The third kappa shape index (κ3) is 4.26. The van der Waals surface area contributed by atoms with Gasteiger partial charge in [-0.3, -0.25) is 0 Å². The molecule has 0 aliphatic heterocycles. The molecule has 2 rings (SSSR count). The summed E-state index contributed by atoms with van der Waals surface area (Å²) in [5.41, 5.74) is 8.77. The minimum absolute atomic E-state index is 0.268. The van der Waals surface area contributed by atoms with Crippen molar-refractivity contribution in [1.82, 2.24) is 14.5 Å². The van der Waals surface area contributed by atoms with Crippen molar-refractivity contribution in [3.8, 4) is 0 Å². The maximum Gasteiger partial charge on any atom is 0.151 e. The number of aryl methyl sites for hydroxylation is 3. The van der Waals surface area contributed by atoms with Crippen molar-refractivity contribution in [3.05, 3.63) is 17.6 Å². The fourth-order valence-electron chi connectivity index (χ4n) is 2.94. The first kappa shape index (κ1) is 18.7. The Morgan fingerprint density at radius 1 is 1.17 bits per heavy atom. The Balaban J connectivity index is 2.09. The van der Waals surface area contributed by atoms with Crippen LogP contribution in [0.25, 0.3) is 11.0 Å². The minimum atomic E-state index is -2.91. The zero-order valence-corrected chi connectivity index (χ0v) is 15.7. The summed E-state index contributed by atoms with van der Waals surface area (Å²) in [6, 6.07) is 0. The molecule has 2 heterocycles. The zero-order valence-electron chi connectivity index (χ0n) is 14.9. The molecule has 0 radical (unpaired) electrons. The molecule has 0 bridgehead atoms. The number of hydrogen-bond donors (Lipinski definition) is 1. The monoisotopic (exact) mass is 352 g/mol. The first-order valence-electron chi connectivity index (χ1n) is 8.70. The minimum Gasteiger partial charge on any atom is -0.382 e. The van der Waals surface area contributed by atoms with Crippen LogP contribution < -0.4 is 5.73 Å². The predicted octanol–water partition coefficient (Wildman–Crippen LogP) is 2.88. The van der Waals surface area contributed by atoms with Crippen molar-refractivity contribution in [2.45, 2.75) is 59.4 Å². The van der Waals surface area contributed by atoms with E-state index in [0.717, 1.165) is 54.6 Å². The molecule has 0 atom stereocenters. The first-order chi connectivity index (χ1) is 11.4. The number of nitrogens with zero attached hydrogens (tertiary/aromatic N) is 3. The lowest BCUT2D eigenvalue weighted by Gasteiger charge is -2.10. The molecular formula is C17H28N4O2S. The number of unbranched alkanes of at least 4 members (excludes halogenated alkanes) is 2. The third-order valence-electron chi connectivity index (χ3n) is 4.27. The van der Waals surface area contributed by atoms with E-state index in [9.17, 15) is 8.42 Å². The van der Waals surface area contributed by atoms with Gasteiger partial charge in [-0.2, -0.15) is 0 Å². The Morgan fingerprint density at radius 3 is 2.54 bits per heavy atom. The maximum atomic E-state index is 11.9. The van der Waals surface area contributed by atoms with E-state index in [4.69, 9.17) is 5.73 Å². The Labute approximate surface area is 144 Å². The molecule has 0 spiro atoms. The fraction of sp³-hybridized carbons (Fsp3) is 0.647. The molecule has 134 valence electrons. The topological polar surface area (TPSA) is 90.9 Å². The van der Waals surface area contributed by atoms with Crippen LogP contribution in [0.1, 0.15) is 50.9 Å². The number of pyridine rings is 1. The number of anilines is 1. The highest BCUT2D eigenvalue weighted by atomic mass is 32.2. The highest BCUT2D eigenvalue weighted by Crippen LogP contribution is 2.24. The van der Waals surface area contributed by atoms with E-state index >= 15 is 0 Å². The molecule has 0 aliphatic rings. The van der Waals surface area contributed by atoms with Crippen molar-refractivity contribution in [2.24, 2.45) is 0 Å². The van der Waals surface area contributed by atoms with E-state index in [-0.39, 0.29) is 5.75 Å². The molecule has 2 aromatic rings. The molecule has 6 nitrogen and oxygen atoms in total. The number of rotatable bonds is 9. The normalized spacial score (nSPS) is 12.1. The van der Waals surface area contributed by atoms with Gasteiger partial charge in [0.2, 0.25) is 0 Å². The Bertz CT molecular complexity index is 797. The molecule has 0 amide bonds. The van der Waals surface area contributed by atoms with Crippen LogP contribution in [0.4, 0.5) is 5.82 Å². The standard InChI is InChI=1S/C17H28N4O2S/c1-4-6-10-24(22,23)11-8-7-9-21-14(5-2)20-15-16(21)13(3)12-19-17(15)18/h12H,4-11H2,1-3H3,(H2,18,19). The summed E-state index contributed by atoms with van der Waals surface area (Å²) in [6.45, 7) is 6.83. The van der Waals surface area contributed by atoms with Gasteiger partial charge < -0.3 is 10.3 Å². The van der Waals surface area contributed by atoms with E-state index in [2.05, 4.69) is 21.5 Å². The van der Waals surface area contributed by atoms with Crippen LogP contribution in [0.2, 0.25) is 0 Å². The Hall–Kier alpha value is -1.63. The first-order valence-corrected chi connectivity index (χ1v) is 10.5. The average molecular weight is 353 g/mol. The second-order valence-corrected chi connectivity index (χ2v) is 8.57. The number of aromatic nitrogens is 3. The molecular weight excluding hydrogens is 324 g/mol. The fourth-order valence-corrected chi connectivity index (χ4v) is 4.51. The van der Waals surface area contributed by atoms with E-state index in [1.807, 2.05) is 13.8 Å². The highest BCUT2D eigenvalue weighted by Gasteiger charge is 2.15. The predicted molar refractivity (Wildman–Crippen MR) is 98.9 cm³/mol. The third-order valence-corrected chi connectivity index (χ3v) is 6.09. The van der Waals surface area contributed by atoms with Gasteiger partial charge in [0.05, 0.1) is 17.0 Å². The summed E-state index contributed by atoms with van der Waals surface area (Å²) in [5.74, 6) is 2.00. The number of nitrogens with two attached hydrogens (primary N) is 1. The van der Waals surface area contributed by atoms with Crippen LogP contribution >= 0.6 is 0 Å². The van der Waals surface area contributed by atoms with Crippen LogP contribution in [0.5, 0.6) is 0 Å². The van der Waals surface area contributed by atoms with E-state index < -0.39 is 9.84 Å². The van der Waals surface area contributed by atoms with Crippen LogP contribution in [-0.2, 0) is 22.8 Å². The van der Waals surface area contributed by atoms with E-state index in [0.29, 0.717) is 18.0 Å². The lowest BCUT2D eigenvalue weighted by Crippen LogP contribution is -2.12. The molecule has 7 heteroatoms. The summed E-state index contributed by atoms with van der Waals surface area (Å²) < 4.78 is 26.1. The zero-order chi connectivity index (χ0) is 17.7. The van der Waals surface area contributed by atoms with Crippen LogP contribution in [0, 0.1) is 6.92 Å². The molecule has 2 aromatic heterocycles. The Kier molecular flexibility index (Phi) is 6.21. The quantitative estimate of drug-likeness (QED) is 0.701. The van der Waals surface area contributed by atoms with Gasteiger partial charge in [0.15, 0.2) is 5.82 Å². The van der Waals surface area contributed by atoms with Crippen molar-refractivity contribution < 1.29 is 8.42 Å². The van der Waals surface area contributed by atoms with Crippen molar-refractivity contribution >= 4 is 26.7 Å². The Morgan fingerprint density at radius 2 is 1.88 bits per heavy atom. The molecule has 0 saturated carbocycles. The van der Waals surface area contributed by atoms with E-state index in [1.54, 1.807) is 6.20 Å². The summed E-state index contributed by atoms with van der Waals surface area (Å²) >= 11 is 0. The molecule has 0 aromatic carbocycles. The number of hydrogen-bond acceptors (Lipinski definition) is 5. The smallest absolute Gasteiger partial charge is 0.151 e. The van der Waals surface area contributed by atoms with Crippen molar-refractivity contribution in [2.75, 3.05) is 17.2 Å². The highest BCUT2D eigenvalue weighted by molar-refractivity contribution is 7.91. The van der Waals surface area contributed by atoms with Crippen LogP contribution in [0.15, 0.2) is 6.20 Å². The van der Waals surface area contributed by atoms with Gasteiger partial charge in [-0.15, -0.1) is 0 Å². The number of fused-ring (bicyclic) bond motifs is 1. The second-order valence-electron chi connectivity index (χ2n) is 6.27. The summed E-state index contributed by atoms with van der Waals surface area (Å²) in [5, 5.41) is 0. The van der Waals surface area contributed by atoms with Gasteiger partial charge in [-0.25, -0.2) is 18.4 Å².